The molecular weight excluding hydrogens is 264 g/mol. The molecule has 0 bridgehead atoms. The molecule has 2 N–H and O–H groups in total. The fourth-order valence-corrected chi connectivity index (χ4v) is 1.86. The zero-order valence-corrected chi connectivity index (χ0v) is 13.8. The number of rotatable bonds is 10. The molecule has 0 saturated heterocycles. The van der Waals surface area contributed by atoms with Gasteiger partial charge in [0, 0.05) is 25.7 Å². The first-order valence-corrected chi connectivity index (χ1v) is 7.83. The molecule has 0 saturated carbocycles. The number of hydrogen-bond acceptors (Lipinski definition) is 4. The molecular formula is C17H30N2O2. The van der Waals surface area contributed by atoms with Gasteiger partial charge in [-0.2, -0.15) is 0 Å². The summed E-state index contributed by atoms with van der Waals surface area (Å²) in [4.78, 5) is 2.27. The molecule has 4 heteroatoms. The molecule has 0 aliphatic heterocycles. The van der Waals surface area contributed by atoms with Crippen molar-refractivity contribution < 1.29 is 9.84 Å². The van der Waals surface area contributed by atoms with Gasteiger partial charge in [-0.05, 0) is 45.0 Å². The lowest BCUT2D eigenvalue weighted by Crippen LogP contribution is -2.37. The predicted molar refractivity (Wildman–Crippen MR) is 88.0 cm³/mol. The van der Waals surface area contributed by atoms with Crippen molar-refractivity contribution in [3.8, 4) is 5.75 Å². The minimum atomic E-state index is -0.486. The molecule has 120 valence electrons. The predicted octanol–water partition coefficient (Wildman–Crippen LogP) is 1.92. The van der Waals surface area contributed by atoms with Crippen molar-refractivity contribution in [3.63, 3.8) is 0 Å². The van der Waals surface area contributed by atoms with E-state index in [1.165, 1.54) is 5.56 Å². The van der Waals surface area contributed by atoms with Crippen LogP contribution >= 0.6 is 0 Å². The largest absolute Gasteiger partial charge is 0.491 e. The summed E-state index contributed by atoms with van der Waals surface area (Å²) >= 11 is 0. The Morgan fingerprint density at radius 2 is 1.90 bits per heavy atom. The van der Waals surface area contributed by atoms with E-state index in [-0.39, 0.29) is 0 Å². The molecule has 0 fully saturated rings. The van der Waals surface area contributed by atoms with Crippen LogP contribution in [0.2, 0.25) is 0 Å². The second kappa shape index (κ2) is 9.77. The number of nitrogens with one attached hydrogen (secondary N) is 1. The minimum absolute atomic E-state index is 0.318. The molecule has 0 aromatic heterocycles. The first-order valence-electron chi connectivity index (χ1n) is 7.83. The number of nitrogens with zero attached hydrogens (tertiary/aromatic N) is 1. The van der Waals surface area contributed by atoms with Crippen molar-refractivity contribution in [3.05, 3.63) is 29.8 Å². The molecule has 1 aromatic carbocycles. The Labute approximate surface area is 129 Å². The van der Waals surface area contributed by atoms with Crippen molar-refractivity contribution in [1.29, 1.82) is 0 Å². The Hall–Kier alpha value is -1.10. The molecule has 0 radical (unpaired) electrons. The summed E-state index contributed by atoms with van der Waals surface area (Å²) in [6.45, 7) is 9.19. The van der Waals surface area contributed by atoms with Crippen molar-refractivity contribution in [2.75, 3.05) is 33.3 Å². The van der Waals surface area contributed by atoms with Gasteiger partial charge in [0.1, 0.15) is 18.5 Å². The van der Waals surface area contributed by atoms with E-state index in [9.17, 15) is 5.11 Å². The third-order valence-corrected chi connectivity index (χ3v) is 3.68. The fraction of sp³-hybridized carbons (Fsp3) is 0.647. The van der Waals surface area contributed by atoms with Crippen molar-refractivity contribution in [2.24, 2.45) is 0 Å². The fourth-order valence-electron chi connectivity index (χ4n) is 1.86. The second-order valence-electron chi connectivity index (χ2n) is 5.74. The van der Waals surface area contributed by atoms with E-state index in [1.807, 2.05) is 12.1 Å². The van der Waals surface area contributed by atoms with Crippen LogP contribution in [-0.2, 0) is 6.42 Å². The average molecular weight is 294 g/mol. The van der Waals surface area contributed by atoms with Crippen molar-refractivity contribution >= 4 is 0 Å². The lowest BCUT2D eigenvalue weighted by molar-refractivity contribution is 0.105. The topological polar surface area (TPSA) is 44.7 Å². The van der Waals surface area contributed by atoms with Gasteiger partial charge < -0.3 is 20.1 Å². The van der Waals surface area contributed by atoms with Crippen LogP contribution in [0.15, 0.2) is 24.3 Å². The van der Waals surface area contributed by atoms with Crippen LogP contribution in [0.5, 0.6) is 5.75 Å². The lowest BCUT2D eigenvalue weighted by atomic mass is 10.2. The van der Waals surface area contributed by atoms with Gasteiger partial charge in [0.05, 0.1) is 0 Å². The Morgan fingerprint density at radius 1 is 1.24 bits per heavy atom. The van der Waals surface area contributed by atoms with Gasteiger partial charge in [0.2, 0.25) is 0 Å². The molecule has 1 atom stereocenters. The van der Waals surface area contributed by atoms with Crippen LogP contribution in [-0.4, -0.2) is 55.4 Å². The van der Waals surface area contributed by atoms with Gasteiger partial charge in [-0.15, -0.1) is 0 Å². The van der Waals surface area contributed by atoms with Crippen LogP contribution in [0.3, 0.4) is 0 Å². The summed E-state index contributed by atoms with van der Waals surface area (Å²) in [5.74, 6) is 0.811. The van der Waals surface area contributed by atoms with E-state index in [1.54, 1.807) is 0 Å². The van der Waals surface area contributed by atoms with Gasteiger partial charge in [-0.3, -0.25) is 0 Å². The molecule has 1 rings (SSSR count). The normalized spacial score (nSPS) is 12.9. The SMILES string of the molecule is CCc1ccc(OCC(O)CNCCN(C)C(C)C)cc1. The molecule has 0 amide bonds. The summed E-state index contributed by atoms with van der Waals surface area (Å²) in [6.07, 6.45) is 0.540. The van der Waals surface area contributed by atoms with E-state index in [4.69, 9.17) is 4.74 Å². The van der Waals surface area contributed by atoms with Crippen LogP contribution in [0.1, 0.15) is 26.3 Å². The van der Waals surface area contributed by atoms with Gasteiger partial charge in [-0.1, -0.05) is 19.1 Å². The summed E-state index contributed by atoms with van der Waals surface area (Å²) in [6, 6.07) is 8.57. The smallest absolute Gasteiger partial charge is 0.119 e. The lowest BCUT2D eigenvalue weighted by Gasteiger charge is -2.21. The molecule has 0 heterocycles. The summed E-state index contributed by atoms with van der Waals surface area (Å²) in [5, 5.41) is 13.1. The molecule has 0 spiro atoms. The van der Waals surface area contributed by atoms with Crippen LogP contribution in [0.4, 0.5) is 0 Å². The van der Waals surface area contributed by atoms with Gasteiger partial charge in [-0.25, -0.2) is 0 Å². The van der Waals surface area contributed by atoms with E-state index in [0.717, 1.165) is 25.3 Å². The van der Waals surface area contributed by atoms with Gasteiger partial charge in [0.25, 0.3) is 0 Å². The third kappa shape index (κ3) is 7.46. The quantitative estimate of drug-likeness (QED) is 0.647. The highest BCUT2D eigenvalue weighted by molar-refractivity contribution is 5.27. The Kier molecular flexibility index (Phi) is 8.35. The summed E-state index contributed by atoms with van der Waals surface area (Å²) in [5.41, 5.74) is 1.29. The van der Waals surface area contributed by atoms with E-state index in [0.29, 0.717) is 19.2 Å². The van der Waals surface area contributed by atoms with Crippen LogP contribution < -0.4 is 10.1 Å². The summed E-state index contributed by atoms with van der Waals surface area (Å²) in [7, 11) is 2.10. The number of likely N-dealkylation sites (N-methyl/N-ethyl adjacent to an activating group) is 1. The van der Waals surface area contributed by atoms with E-state index >= 15 is 0 Å². The maximum absolute atomic E-state index is 9.88. The molecule has 4 nitrogen and oxygen atoms in total. The van der Waals surface area contributed by atoms with Gasteiger partial charge in [0.15, 0.2) is 0 Å². The minimum Gasteiger partial charge on any atom is -0.491 e. The maximum Gasteiger partial charge on any atom is 0.119 e. The van der Waals surface area contributed by atoms with Crippen molar-refractivity contribution in [1.82, 2.24) is 10.2 Å². The number of benzene rings is 1. The van der Waals surface area contributed by atoms with E-state index in [2.05, 4.69) is 50.2 Å². The standard InChI is InChI=1S/C17H30N2O2/c1-5-15-6-8-17(9-7-15)21-13-16(20)12-18-10-11-19(4)14(2)3/h6-9,14,16,18,20H,5,10-13H2,1-4H3. The number of aryl methyl sites for hydroxylation is 1. The molecule has 21 heavy (non-hydrogen) atoms. The zero-order valence-electron chi connectivity index (χ0n) is 13.8. The Balaban J connectivity index is 2.14. The molecule has 1 aromatic rings. The maximum atomic E-state index is 9.88. The number of aliphatic hydroxyl groups excluding tert-OH is 1. The van der Waals surface area contributed by atoms with E-state index < -0.39 is 6.10 Å². The third-order valence-electron chi connectivity index (χ3n) is 3.68. The van der Waals surface area contributed by atoms with Crippen molar-refractivity contribution in [2.45, 2.75) is 39.3 Å². The monoisotopic (exact) mass is 294 g/mol. The zero-order chi connectivity index (χ0) is 15.7. The number of hydrogen-bond donors (Lipinski definition) is 2. The highest BCUT2D eigenvalue weighted by Gasteiger charge is 2.06. The Morgan fingerprint density at radius 3 is 2.48 bits per heavy atom. The summed E-state index contributed by atoms with van der Waals surface area (Å²) < 4.78 is 5.58. The molecule has 1 unspecified atom stereocenters. The van der Waals surface area contributed by atoms with Gasteiger partial charge >= 0.3 is 0 Å². The highest BCUT2D eigenvalue weighted by Crippen LogP contribution is 2.12. The first-order chi connectivity index (χ1) is 10.0. The van der Waals surface area contributed by atoms with Crippen LogP contribution in [0, 0.1) is 0 Å². The number of aliphatic hydroxyl groups is 1. The molecule has 0 aliphatic carbocycles. The molecule has 0 aliphatic rings. The number of ether oxygens (including phenoxy) is 1. The second-order valence-corrected chi connectivity index (χ2v) is 5.74. The average Bonchev–Trinajstić information content (AvgIpc) is 2.49. The first kappa shape index (κ1) is 18.0. The van der Waals surface area contributed by atoms with Crippen LogP contribution in [0.25, 0.3) is 0 Å². The highest BCUT2D eigenvalue weighted by atomic mass is 16.5. The Bertz CT molecular complexity index is 379.